The van der Waals surface area contributed by atoms with Crippen LogP contribution in [0.4, 0.5) is 0 Å². The SMILES string of the molecule is CCCCCCCCCCCCOc1ccc(C(=O)c2cccc(C(=O)OCC)c2)cc1CC(=O)O. The number of carboxylic acids is 1. The fraction of sp³-hybridized carbons (Fsp3) is 0.500. The summed E-state index contributed by atoms with van der Waals surface area (Å²) in [6.07, 6.45) is 12.0. The highest BCUT2D eigenvalue weighted by Crippen LogP contribution is 2.24. The van der Waals surface area contributed by atoms with E-state index in [9.17, 15) is 19.5 Å². The van der Waals surface area contributed by atoms with E-state index in [1.807, 2.05) is 0 Å². The van der Waals surface area contributed by atoms with E-state index in [0.717, 1.165) is 12.8 Å². The molecule has 0 fully saturated rings. The van der Waals surface area contributed by atoms with E-state index in [1.165, 1.54) is 57.4 Å². The Bertz CT molecular complexity index is 981. The first kappa shape index (κ1) is 29.1. The first-order valence-corrected chi connectivity index (χ1v) is 13.3. The number of carboxylic acid groups (broad SMARTS) is 1. The maximum atomic E-state index is 13.0. The summed E-state index contributed by atoms with van der Waals surface area (Å²) in [7, 11) is 0. The van der Waals surface area contributed by atoms with E-state index in [4.69, 9.17) is 9.47 Å². The van der Waals surface area contributed by atoms with E-state index < -0.39 is 11.9 Å². The standard InChI is InChI=1S/C30H40O6/c1-3-5-6-7-8-9-10-11-12-13-19-36-27-18-17-24(21-26(27)22-28(31)32)29(33)23-15-14-16-25(20-23)30(34)35-4-2/h14-18,20-21H,3-13,19,22H2,1-2H3,(H,31,32). The van der Waals surface area contributed by atoms with Gasteiger partial charge in [-0.15, -0.1) is 0 Å². The molecule has 2 aromatic carbocycles. The maximum absolute atomic E-state index is 13.0. The Kier molecular flexibility index (Phi) is 13.3. The molecule has 0 saturated heterocycles. The molecule has 36 heavy (non-hydrogen) atoms. The molecule has 0 radical (unpaired) electrons. The lowest BCUT2D eigenvalue weighted by molar-refractivity contribution is -0.136. The molecule has 0 heterocycles. The van der Waals surface area contributed by atoms with E-state index >= 15 is 0 Å². The van der Waals surface area contributed by atoms with Crippen LogP contribution in [0.2, 0.25) is 0 Å². The first-order chi connectivity index (χ1) is 17.5. The van der Waals surface area contributed by atoms with Crippen LogP contribution in [-0.2, 0) is 16.0 Å². The van der Waals surface area contributed by atoms with Gasteiger partial charge in [0.1, 0.15) is 5.75 Å². The van der Waals surface area contributed by atoms with E-state index in [1.54, 1.807) is 43.3 Å². The summed E-state index contributed by atoms with van der Waals surface area (Å²) in [6, 6.07) is 11.2. The van der Waals surface area contributed by atoms with Crippen molar-refractivity contribution in [1.29, 1.82) is 0 Å². The molecule has 2 rings (SSSR count). The van der Waals surface area contributed by atoms with Crippen molar-refractivity contribution in [2.75, 3.05) is 13.2 Å². The number of aliphatic carboxylic acids is 1. The van der Waals surface area contributed by atoms with Gasteiger partial charge in [-0.2, -0.15) is 0 Å². The largest absolute Gasteiger partial charge is 0.493 e. The molecule has 0 amide bonds. The smallest absolute Gasteiger partial charge is 0.338 e. The highest BCUT2D eigenvalue weighted by Gasteiger charge is 2.16. The molecule has 0 aromatic heterocycles. The van der Waals surface area contributed by atoms with E-state index in [0.29, 0.717) is 34.6 Å². The van der Waals surface area contributed by atoms with Crippen LogP contribution in [0.1, 0.15) is 110 Å². The van der Waals surface area contributed by atoms with E-state index in [2.05, 4.69) is 6.92 Å². The zero-order valence-electron chi connectivity index (χ0n) is 21.7. The lowest BCUT2D eigenvalue weighted by Gasteiger charge is -2.12. The molecule has 0 saturated carbocycles. The van der Waals surface area contributed by atoms with Crippen LogP contribution in [0.15, 0.2) is 42.5 Å². The average molecular weight is 497 g/mol. The van der Waals surface area contributed by atoms with Crippen molar-refractivity contribution in [3.63, 3.8) is 0 Å². The van der Waals surface area contributed by atoms with Crippen molar-refractivity contribution in [1.82, 2.24) is 0 Å². The highest BCUT2D eigenvalue weighted by molar-refractivity contribution is 6.10. The van der Waals surface area contributed by atoms with Crippen LogP contribution < -0.4 is 4.74 Å². The van der Waals surface area contributed by atoms with Crippen LogP contribution in [0.3, 0.4) is 0 Å². The Balaban J connectivity index is 1.92. The molecule has 0 aliphatic heterocycles. The number of ketones is 1. The predicted molar refractivity (Wildman–Crippen MR) is 141 cm³/mol. The van der Waals surface area contributed by atoms with Crippen LogP contribution in [0.25, 0.3) is 0 Å². The second-order valence-corrected chi connectivity index (χ2v) is 9.05. The summed E-state index contributed by atoms with van der Waals surface area (Å²) in [5, 5.41) is 9.35. The molecule has 0 unspecified atom stereocenters. The van der Waals surface area contributed by atoms with Crippen LogP contribution >= 0.6 is 0 Å². The third kappa shape index (κ3) is 10.2. The van der Waals surface area contributed by atoms with Crippen molar-refractivity contribution in [3.8, 4) is 5.75 Å². The molecule has 6 heteroatoms. The quantitative estimate of drug-likeness (QED) is 0.135. The molecule has 0 spiro atoms. The molecule has 0 aliphatic carbocycles. The summed E-state index contributed by atoms with van der Waals surface area (Å²) < 4.78 is 10.9. The second kappa shape index (κ2) is 16.5. The van der Waals surface area contributed by atoms with Crippen molar-refractivity contribution in [2.24, 2.45) is 0 Å². The highest BCUT2D eigenvalue weighted by atomic mass is 16.5. The molecule has 0 atom stereocenters. The molecular formula is C30H40O6. The second-order valence-electron chi connectivity index (χ2n) is 9.05. The number of hydrogen-bond acceptors (Lipinski definition) is 5. The van der Waals surface area contributed by atoms with Gasteiger partial charge in [0.15, 0.2) is 5.78 Å². The van der Waals surface area contributed by atoms with Crippen LogP contribution in [0, 0.1) is 0 Å². The lowest BCUT2D eigenvalue weighted by atomic mass is 9.98. The van der Waals surface area contributed by atoms with Gasteiger partial charge in [-0.1, -0.05) is 76.8 Å². The Morgan fingerprint density at radius 3 is 2.00 bits per heavy atom. The van der Waals surface area contributed by atoms with Gasteiger partial charge in [-0.05, 0) is 43.7 Å². The number of hydrogen-bond donors (Lipinski definition) is 1. The van der Waals surface area contributed by atoms with Gasteiger partial charge in [0, 0.05) is 16.7 Å². The van der Waals surface area contributed by atoms with Crippen LogP contribution in [0.5, 0.6) is 5.75 Å². The van der Waals surface area contributed by atoms with Gasteiger partial charge in [0.2, 0.25) is 0 Å². The molecule has 196 valence electrons. The monoisotopic (exact) mass is 496 g/mol. The fourth-order valence-electron chi connectivity index (χ4n) is 4.10. The summed E-state index contributed by atoms with van der Waals surface area (Å²) >= 11 is 0. The Labute approximate surface area is 215 Å². The van der Waals surface area contributed by atoms with Crippen LogP contribution in [-0.4, -0.2) is 36.0 Å². The third-order valence-corrected chi connectivity index (χ3v) is 6.06. The number of unbranched alkanes of at least 4 members (excludes halogenated alkanes) is 9. The van der Waals surface area contributed by atoms with Gasteiger partial charge in [-0.3, -0.25) is 9.59 Å². The topological polar surface area (TPSA) is 89.9 Å². The number of esters is 1. The predicted octanol–water partition coefficient (Wildman–Crippen LogP) is 7.02. The average Bonchev–Trinajstić information content (AvgIpc) is 2.87. The van der Waals surface area contributed by atoms with Gasteiger partial charge in [0.05, 0.1) is 25.2 Å². The van der Waals surface area contributed by atoms with E-state index in [-0.39, 0.29) is 18.8 Å². The zero-order valence-corrected chi connectivity index (χ0v) is 21.7. The number of benzene rings is 2. The summed E-state index contributed by atoms with van der Waals surface area (Å²) in [5.74, 6) is -1.29. The Morgan fingerprint density at radius 1 is 0.750 bits per heavy atom. The van der Waals surface area contributed by atoms with Crippen molar-refractivity contribution in [2.45, 2.75) is 84.5 Å². The Hall–Kier alpha value is -3.15. The number of ether oxygens (including phenoxy) is 2. The zero-order chi connectivity index (χ0) is 26.2. The van der Waals surface area contributed by atoms with Gasteiger partial charge in [-0.25, -0.2) is 4.79 Å². The van der Waals surface area contributed by atoms with Crippen molar-refractivity contribution < 1.29 is 29.0 Å². The minimum absolute atomic E-state index is 0.239. The molecular weight excluding hydrogens is 456 g/mol. The number of carbonyl (C=O) groups excluding carboxylic acids is 2. The van der Waals surface area contributed by atoms with Gasteiger partial charge < -0.3 is 14.6 Å². The fourth-order valence-corrected chi connectivity index (χ4v) is 4.10. The molecule has 2 aromatic rings. The minimum atomic E-state index is -0.993. The first-order valence-electron chi connectivity index (χ1n) is 13.3. The summed E-state index contributed by atoms with van der Waals surface area (Å²) in [4.78, 5) is 36.5. The number of rotatable bonds is 18. The number of carbonyl (C=O) groups is 3. The van der Waals surface area contributed by atoms with Gasteiger partial charge in [0.25, 0.3) is 0 Å². The Morgan fingerprint density at radius 2 is 1.36 bits per heavy atom. The molecule has 1 N–H and O–H groups in total. The maximum Gasteiger partial charge on any atom is 0.338 e. The van der Waals surface area contributed by atoms with Crippen molar-refractivity contribution >= 4 is 17.7 Å². The molecule has 0 bridgehead atoms. The molecule has 0 aliphatic rings. The summed E-state index contributed by atoms with van der Waals surface area (Å²) in [5.41, 5.74) is 1.44. The molecule has 6 nitrogen and oxygen atoms in total. The third-order valence-electron chi connectivity index (χ3n) is 6.06. The lowest BCUT2D eigenvalue weighted by Crippen LogP contribution is -2.09. The normalized spacial score (nSPS) is 10.7. The van der Waals surface area contributed by atoms with Crippen molar-refractivity contribution in [3.05, 3.63) is 64.7 Å². The summed E-state index contributed by atoms with van der Waals surface area (Å²) in [6.45, 7) is 4.71. The van der Waals surface area contributed by atoms with Gasteiger partial charge >= 0.3 is 11.9 Å². The minimum Gasteiger partial charge on any atom is -0.493 e.